The number of aliphatic hydroxyl groups excluding tert-OH is 1. The third-order valence-corrected chi connectivity index (χ3v) is 4.69. The second kappa shape index (κ2) is 9.50. The summed E-state index contributed by atoms with van der Waals surface area (Å²) in [6, 6.07) is 0. The molecule has 0 amide bonds. The maximum absolute atomic E-state index is 12.2. The number of fused-ring (bicyclic) bond motifs is 1. The summed E-state index contributed by atoms with van der Waals surface area (Å²) >= 11 is 0. The molecule has 2 rings (SSSR count). The van der Waals surface area contributed by atoms with Crippen molar-refractivity contribution in [2.75, 3.05) is 13.2 Å². The molecule has 1 aliphatic heterocycles. The minimum Gasteiger partial charge on any atom is -0.461 e. The summed E-state index contributed by atoms with van der Waals surface area (Å²) < 4.78 is 16.1. The van der Waals surface area contributed by atoms with E-state index in [4.69, 9.17) is 14.2 Å². The number of rotatable bonds is 5. The van der Waals surface area contributed by atoms with E-state index < -0.39 is 36.0 Å². The number of hydrogen-bond donors (Lipinski definition) is 1. The van der Waals surface area contributed by atoms with Crippen LogP contribution in [0.1, 0.15) is 33.1 Å². The lowest BCUT2D eigenvalue weighted by Crippen LogP contribution is -2.34. The zero-order chi connectivity index (χ0) is 20.8. The van der Waals surface area contributed by atoms with Gasteiger partial charge >= 0.3 is 17.9 Å². The third-order valence-electron chi connectivity index (χ3n) is 4.69. The van der Waals surface area contributed by atoms with Crippen molar-refractivity contribution in [3.8, 4) is 0 Å². The molecule has 0 bridgehead atoms. The van der Waals surface area contributed by atoms with Crippen LogP contribution in [0.15, 0.2) is 47.6 Å². The Hall–Kier alpha value is -2.67. The van der Waals surface area contributed by atoms with Crippen LogP contribution in [-0.4, -0.2) is 48.4 Å². The molecule has 1 aliphatic carbocycles. The largest absolute Gasteiger partial charge is 0.461 e. The van der Waals surface area contributed by atoms with E-state index in [9.17, 15) is 19.5 Å². The van der Waals surface area contributed by atoms with Crippen molar-refractivity contribution in [1.29, 1.82) is 0 Å². The maximum Gasteiger partial charge on any atom is 0.334 e. The van der Waals surface area contributed by atoms with Gasteiger partial charge in [0, 0.05) is 24.5 Å². The van der Waals surface area contributed by atoms with Crippen LogP contribution in [0, 0.1) is 5.92 Å². The van der Waals surface area contributed by atoms with Crippen LogP contribution in [-0.2, 0) is 28.6 Å². The van der Waals surface area contributed by atoms with E-state index in [1.54, 1.807) is 6.08 Å². The molecular formula is C21H26O7. The number of allylic oxidation sites excluding steroid dienone is 1. The minimum atomic E-state index is -0.754. The Morgan fingerprint density at radius 1 is 1.32 bits per heavy atom. The SMILES string of the molecule is C=C(C)C(=O)O[C@@H]1C/C(CO)=C/CC/C(COC(C)=O)=C/[C@@H]2OC(=O)C(=C)[C@@H]21. The van der Waals surface area contributed by atoms with Crippen LogP contribution >= 0.6 is 0 Å². The Bertz CT molecular complexity index is 744. The monoisotopic (exact) mass is 390 g/mol. The molecule has 0 radical (unpaired) electrons. The van der Waals surface area contributed by atoms with E-state index in [0.717, 1.165) is 5.57 Å². The topological polar surface area (TPSA) is 99.1 Å². The summed E-state index contributed by atoms with van der Waals surface area (Å²) in [4.78, 5) is 35.5. The zero-order valence-electron chi connectivity index (χ0n) is 16.2. The summed E-state index contributed by atoms with van der Waals surface area (Å²) in [5, 5.41) is 9.70. The summed E-state index contributed by atoms with van der Waals surface area (Å²) in [6.07, 6.45) is 3.56. The average molecular weight is 390 g/mol. The lowest BCUT2D eigenvalue weighted by molar-refractivity contribution is -0.147. The molecule has 152 valence electrons. The Morgan fingerprint density at radius 2 is 2.04 bits per heavy atom. The Kier molecular flexibility index (Phi) is 7.34. The first-order valence-electron chi connectivity index (χ1n) is 9.10. The van der Waals surface area contributed by atoms with Crippen LogP contribution in [0.25, 0.3) is 0 Å². The van der Waals surface area contributed by atoms with Crippen molar-refractivity contribution in [1.82, 2.24) is 0 Å². The number of carbonyl (C=O) groups is 3. The highest BCUT2D eigenvalue weighted by atomic mass is 16.6. The molecular weight excluding hydrogens is 364 g/mol. The number of ether oxygens (including phenoxy) is 3. The summed E-state index contributed by atoms with van der Waals surface area (Å²) in [5.41, 5.74) is 1.88. The molecule has 7 heteroatoms. The third kappa shape index (κ3) is 5.42. The highest BCUT2D eigenvalue weighted by molar-refractivity contribution is 5.91. The van der Waals surface area contributed by atoms with Gasteiger partial charge in [-0.1, -0.05) is 19.2 Å². The number of esters is 3. The average Bonchev–Trinajstić information content (AvgIpc) is 2.91. The number of carbonyl (C=O) groups excluding carboxylic acids is 3. The van der Waals surface area contributed by atoms with E-state index in [0.29, 0.717) is 18.4 Å². The van der Waals surface area contributed by atoms with Crippen molar-refractivity contribution in [3.05, 3.63) is 47.6 Å². The normalized spacial score (nSPS) is 28.8. The van der Waals surface area contributed by atoms with Gasteiger partial charge in [-0.25, -0.2) is 9.59 Å². The van der Waals surface area contributed by atoms with Crippen LogP contribution in [0.5, 0.6) is 0 Å². The van der Waals surface area contributed by atoms with Crippen LogP contribution in [0.4, 0.5) is 0 Å². The van der Waals surface area contributed by atoms with E-state index >= 15 is 0 Å². The molecule has 28 heavy (non-hydrogen) atoms. The zero-order valence-corrected chi connectivity index (χ0v) is 16.2. The fraction of sp³-hybridized carbons (Fsp3) is 0.476. The highest BCUT2D eigenvalue weighted by Crippen LogP contribution is 2.36. The van der Waals surface area contributed by atoms with Gasteiger partial charge in [0.25, 0.3) is 0 Å². The van der Waals surface area contributed by atoms with Crippen LogP contribution < -0.4 is 0 Å². The fourth-order valence-corrected chi connectivity index (χ4v) is 3.22. The van der Waals surface area contributed by atoms with Gasteiger partial charge in [0.1, 0.15) is 18.8 Å². The predicted octanol–water partition coefficient (Wildman–Crippen LogP) is 2.16. The molecule has 0 aromatic rings. The molecule has 0 aromatic carbocycles. The first-order valence-corrected chi connectivity index (χ1v) is 9.10. The van der Waals surface area contributed by atoms with Crippen molar-refractivity contribution in [2.24, 2.45) is 5.92 Å². The van der Waals surface area contributed by atoms with E-state index in [2.05, 4.69) is 13.2 Å². The summed E-state index contributed by atoms with van der Waals surface area (Å²) in [6.45, 7) is 10.1. The van der Waals surface area contributed by atoms with Gasteiger partial charge in [0.15, 0.2) is 0 Å². The van der Waals surface area contributed by atoms with Crippen molar-refractivity contribution < 1.29 is 33.7 Å². The maximum atomic E-state index is 12.2. The molecule has 0 unspecified atom stereocenters. The standard InChI is InChI=1S/C21H26O7/c1-12(2)20(24)27-17-8-15(10-22)6-5-7-16(11-26-14(4)23)9-18-19(17)13(3)21(25)28-18/h6,9,17-19,22H,1,3,5,7-8,10-11H2,2,4H3/b15-6-,16-9-/t17-,18+,19-/m1/s1. The summed E-state index contributed by atoms with van der Waals surface area (Å²) in [7, 11) is 0. The van der Waals surface area contributed by atoms with Crippen LogP contribution in [0.3, 0.4) is 0 Å². The molecule has 0 spiro atoms. The second-order valence-corrected chi connectivity index (χ2v) is 7.01. The van der Waals surface area contributed by atoms with E-state index in [1.165, 1.54) is 13.8 Å². The van der Waals surface area contributed by atoms with Crippen molar-refractivity contribution in [3.63, 3.8) is 0 Å². The Morgan fingerprint density at radius 3 is 2.64 bits per heavy atom. The van der Waals surface area contributed by atoms with E-state index in [1.807, 2.05) is 6.08 Å². The van der Waals surface area contributed by atoms with E-state index in [-0.39, 0.29) is 30.8 Å². The van der Waals surface area contributed by atoms with Gasteiger partial charge in [-0.05, 0) is 37.0 Å². The lowest BCUT2D eigenvalue weighted by Gasteiger charge is -2.28. The Labute approximate surface area is 164 Å². The molecule has 1 heterocycles. The first-order chi connectivity index (χ1) is 13.2. The molecule has 1 fully saturated rings. The van der Waals surface area contributed by atoms with Gasteiger partial charge in [-0.15, -0.1) is 0 Å². The molecule has 7 nitrogen and oxygen atoms in total. The molecule has 3 atom stereocenters. The minimum absolute atomic E-state index is 0.0705. The molecule has 1 saturated heterocycles. The molecule has 0 saturated carbocycles. The molecule has 1 N–H and O–H groups in total. The smallest absolute Gasteiger partial charge is 0.334 e. The predicted molar refractivity (Wildman–Crippen MR) is 101 cm³/mol. The van der Waals surface area contributed by atoms with Gasteiger partial charge in [-0.3, -0.25) is 4.79 Å². The highest BCUT2D eigenvalue weighted by Gasteiger charge is 2.44. The first kappa shape index (κ1) is 21.6. The van der Waals surface area contributed by atoms with Gasteiger partial charge < -0.3 is 19.3 Å². The fourth-order valence-electron chi connectivity index (χ4n) is 3.22. The number of aliphatic hydroxyl groups is 1. The van der Waals surface area contributed by atoms with Gasteiger partial charge in [0.2, 0.25) is 0 Å². The summed E-state index contributed by atoms with van der Waals surface area (Å²) in [5.74, 6) is -2.18. The lowest BCUT2D eigenvalue weighted by atomic mass is 9.85. The quantitative estimate of drug-likeness (QED) is 0.332. The molecule has 2 aliphatic rings. The van der Waals surface area contributed by atoms with Gasteiger partial charge in [-0.2, -0.15) is 0 Å². The van der Waals surface area contributed by atoms with Crippen LogP contribution in [0.2, 0.25) is 0 Å². The second-order valence-electron chi connectivity index (χ2n) is 7.01. The Balaban J connectivity index is 2.41. The van der Waals surface area contributed by atoms with Crippen molar-refractivity contribution in [2.45, 2.75) is 45.3 Å². The molecule has 0 aromatic heterocycles. The number of hydrogen-bond acceptors (Lipinski definition) is 7. The van der Waals surface area contributed by atoms with Gasteiger partial charge in [0.05, 0.1) is 12.5 Å². The van der Waals surface area contributed by atoms with Crippen molar-refractivity contribution >= 4 is 17.9 Å².